The number of pyridine rings is 1. The second kappa shape index (κ2) is 5.90. The summed E-state index contributed by atoms with van der Waals surface area (Å²) in [5, 5.41) is 0. The number of hydrogen-bond donors (Lipinski definition) is 0. The van der Waals surface area contributed by atoms with E-state index in [1.54, 1.807) is 0 Å². The number of methoxy groups -OCH3 is 2. The van der Waals surface area contributed by atoms with Crippen molar-refractivity contribution in [3.63, 3.8) is 0 Å². The fraction of sp³-hybridized carbons (Fsp3) is 0.400. The van der Waals surface area contributed by atoms with E-state index < -0.39 is 18.1 Å². The van der Waals surface area contributed by atoms with Gasteiger partial charge in [0.1, 0.15) is 5.69 Å². The van der Waals surface area contributed by atoms with Gasteiger partial charge in [0.2, 0.25) is 5.88 Å². The van der Waals surface area contributed by atoms with Gasteiger partial charge in [0, 0.05) is 0 Å². The van der Waals surface area contributed by atoms with E-state index in [4.69, 9.17) is 4.74 Å². The van der Waals surface area contributed by atoms with Crippen molar-refractivity contribution in [2.45, 2.75) is 12.8 Å². The Morgan fingerprint density at radius 2 is 2.18 bits per heavy atom. The molecule has 0 N–H and O–H groups in total. The molecule has 0 aliphatic heterocycles. The summed E-state index contributed by atoms with van der Waals surface area (Å²) in [6.07, 6.45) is -2.86. The summed E-state index contributed by atoms with van der Waals surface area (Å²) in [4.78, 5) is 14.7. The van der Waals surface area contributed by atoms with Crippen molar-refractivity contribution in [2.24, 2.45) is 0 Å². The average molecular weight is 310 g/mol. The van der Waals surface area contributed by atoms with Crippen molar-refractivity contribution >= 4 is 21.9 Å². The van der Waals surface area contributed by atoms with Crippen molar-refractivity contribution in [3.8, 4) is 5.88 Å². The van der Waals surface area contributed by atoms with E-state index in [2.05, 4.69) is 25.7 Å². The van der Waals surface area contributed by atoms with E-state index in [0.29, 0.717) is 10.0 Å². The summed E-state index contributed by atoms with van der Waals surface area (Å²) in [5.74, 6) is -0.513. The first kappa shape index (κ1) is 13.8. The minimum atomic E-state index is -2.73. The van der Waals surface area contributed by atoms with Crippen LogP contribution in [-0.4, -0.2) is 25.2 Å². The molecule has 0 spiro atoms. The summed E-state index contributed by atoms with van der Waals surface area (Å²) in [6, 6.07) is 1.15. The highest BCUT2D eigenvalue weighted by Gasteiger charge is 2.18. The van der Waals surface area contributed by atoms with Crippen LogP contribution >= 0.6 is 15.9 Å². The summed E-state index contributed by atoms with van der Waals surface area (Å²) in [7, 11) is 2.53. The van der Waals surface area contributed by atoms with Crippen LogP contribution in [0.25, 0.3) is 0 Å². The lowest BCUT2D eigenvalue weighted by Gasteiger charge is -2.10. The van der Waals surface area contributed by atoms with Crippen LogP contribution in [0.4, 0.5) is 8.78 Å². The zero-order valence-electron chi connectivity index (χ0n) is 9.17. The Kier molecular flexibility index (Phi) is 4.80. The van der Waals surface area contributed by atoms with Crippen LogP contribution in [0, 0.1) is 0 Å². The number of esters is 1. The molecule has 0 aliphatic rings. The molecule has 0 unspecified atom stereocenters. The maximum atomic E-state index is 12.6. The van der Waals surface area contributed by atoms with Gasteiger partial charge in [-0.1, -0.05) is 0 Å². The smallest absolute Gasteiger partial charge is 0.310 e. The summed E-state index contributed by atoms with van der Waals surface area (Å²) < 4.78 is 34.8. The Morgan fingerprint density at radius 1 is 1.53 bits per heavy atom. The highest BCUT2D eigenvalue weighted by Crippen LogP contribution is 2.31. The molecular formula is C10H10BrF2NO3. The molecule has 7 heteroatoms. The predicted molar refractivity (Wildman–Crippen MR) is 59.2 cm³/mol. The van der Waals surface area contributed by atoms with E-state index >= 15 is 0 Å². The Morgan fingerprint density at radius 3 is 2.65 bits per heavy atom. The summed E-state index contributed by atoms with van der Waals surface area (Å²) in [6.45, 7) is 0. The number of nitrogens with zero attached hydrogens (tertiary/aromatic N) is 1. The second-order valence-corrected chi connectivity index (χ2v) is 3.88. The van der Waals surface area contributed by atoms with Crippen LogP contribution in [0.1, 0.15) is 17.7 Å². The lowest BCUT2D eigenvalue weighted by molar-refractivity contribution is -0.139. The molecule has 0 aromatic carbocycles. The lowest BCUT2D eigenvalue weighted by Crippen LogP contribution is -2.07. The Labute approximate surface area is 105 Å². The normalized spacial score (nSPS) is 10.5. The first-order valence-corrected chi connectivity index (χ1v) is 5.37. The molecule has 1 aromatic rings. The first-order chi connectivity index (χ1) is 7.99. The Bertz CT molecular complexity index is 426. The molecule has 0 saturated carbocycles. The number of alkyl halides is 2. The van der Waals surface area contributed by atoms with Crippen LogP contribution in [-0.2, 0) is 16.0 Å². The second-order valence-electron chi connectivity index (χ2n) is 3.08. The average Bonchev–Trinajstić information content (AvgIpc) is 2.31. The molecule has 4 nitrogen and oxygen atoms in total. The first-order valence-electron chi connectivity index (χ1n) is 4.57. The molecule has 0 atom stereocenters. The zero-order chi connectivity index (χ0) is 13.0. The zero-order valence-corrected chi connectivity index (χ0v) is 10.8. The minimum absolute atomic E-state index is 0.0155. The highest BCUT2D eigenvalue weighted by molar-refractivity contribution is 9.10. The van der Waals surface area contributed by atoms with Crippen molar-refractivity contribution < 1.29 is 23.0 Å². The van der Waals surface area contributed by atoms with Crippen LogP contribution in [0.15, 0.2) is 10.5 Å². The molecule has 0 fully saturated rings. The van der Waals surface area contributed by atoms with E-state index in [1.165, 1.54) is 14.2 Å². The van der Waals surface area contributed by atoms with Gasteiger partial charge in [0.25, 0.3) is 6.43 Å². The number of hydrogen-bond acceptors (Lipinski definition) is 4. The van der Waals surface area contributed by atoms with Gasteiger partial charge in [0.15, 0.2) is 0 Å². The van der Waals surface area contributed by atoms with Crippen molar-refractivity contribution in [3.05, 3.63) is 21.8 Å². The minimum Gasteiger partial charge on any atom is -0.480 e. The Hall–Kier alpha value is -1.24. The van der Waals surface area contributed by atoms with Crippen LogP contribution in [0.3, 0.4) is 0 Å². The van der Waals surface area contributed by atoms with Gasteiger partial charge in [0.05, 0.1) is 25.1 Å². The van der Waals surface area contributed by atoms with Gasteiger partial charge in [-0.25, -0.2) is 13.8 Å². The molecule has 0 saturated heterocycles. The number of ether oxygens (including phenoxy) is 2. The molecule has 0 bridgehead atoms. The van der Waals surface area contributed by atoms with E-state index in [-0.39, 0.29) is 12.3 Å². The van der Waals surface area contributed by atoms with E-state index in [1.807, 2.05) is 0 Å². The molecule has 94 valence electrons. The summed E-state index contributed by atoms with van der Waals surface area (Å²) >= 11 is 3.14. The van der Waals surface area contributed by atoms with E-state index in [9.17, 15) is 13.6 Å². The number of carbonyl (C=O) groups is 1. The molecule has 0 aliphatic carbocycles. The fourth-order valence-electron chi connectivity index (χ4n) is 1.18. The molecule has 1 aromatic heterocycles. The van der Waals surface area contributed by atoms with E-state index in [0.717, 1.165) is 6.07 Å². The third kappa shape index (κ3) is 3.36. The number of halogens is 3. The van der Waals surface area contributed by atoms with Crippen molar-refractivity contribution in [1.29, 1.82) is 0 Å². The molecule has 1 rings (SSSR count). The maximum absolute atomic E-state index is 12.6. The predicted octanol–water partition coefficient (Wildman–Crippen LogP) is 2.51. The lowest BCUT2D eigenvalue weighted by atomic mass is 10.1. The standard InChI is InChI=1S/C10H10BrF2NO3/c1-16-7(15)4-5-3-6(9(12)13)14-10(17-2)8(5)11/h3,9H,4H2,1-2H3. The van der Waals surface area contributed by atoms with Gasteiger partial charge < -0.3 is 9.47 Å². The van der Waals surface area contributed by atoms with Crippen LogP contribution < -0.4 is 4.74 Å². The molecule has 0 amide bonds. The molecule has 1 heterocycles. The van der Waals surface area contributed by atoms with Crippen LogP contribution in [0.2, 0.25) is 0 Å². The monoisotopic (exact) mass is 309 g/mol. The number of carbonyl (C=O) groups excluding carboxylic acids is 1. The van der Waals surface area contributed by atoms with Crippen LogP contribution in [0.5, 0.6) is 5.88 Å². The largest absolute Gasteiger partial charge is 0.480 e. The van der Waals surface area contributed by atoms with Crippen molar-refractivity contribution in [2.75, 3.05) is 14.2 Å². The topological polar surface area (TPSA) is 48.4 Å². The molecule has 0 radical (unpaired) electrons. The SMILES string of the molecule is COC(=O)Cc1cc(C(F)F)nc(OC)c1Br. The Balaban J connectivity index is 3.17. The third-order valence-corrected chi connectivity index (χ3v) is 2.85. The fourth-order valence-corrected chi connectivity index (χ4v) is 1.69. The third-order valence-electron chi connectivity index (χ3n) is 2.00. The van der Waals surface area contributed by atoms with Gasteiger partial charge >= 0.3 is 5.97 Å². The number of rotatable bonds is 4. The van der Waals surface area contributed by atoms with Gasteiger partial charge in [-0.05, 0) is 27.6 Å². The van der Waals surface area contributed by atoms with Gasteiger partial charge in [-0.15, -0.1) is 0 Å². The maximum Gasteiger partial charge on any atom is 0.310 e. The molecular weight excluding hydrogens is 300 g/mol. The summed E-state index contributed by atoms with van der Waals surface area (Å²) in [5.41, 5.74) is -0.0945. The highest BCUT2D eigenvalue weighted by atomic mass is 79.9. The quantitative estimate of drug-likeness (QED) is 0.802. The number of aromatic nitrogens is 1. The molecule has 17 heavy (non-hydrogen) atoms. The van der Waals surface area contributed by atoms with Gasteiger partial charge in [-0.2, -0.15) is 0 Å². The van der Waals surface area contributed by atoms with Crippen molar-refractivity contribution in [1.82, 2.24) is 4.98 Å². The van der Waals surface area contributed by atoms with Gasteiger partial charge in [-0.3, -0.25) is 4.79 Å².